The molecule has 0 aliphatic carbocycles. The topological polar surface area (TPSA) is 101 Å². The number of hydrogen-bond acceptors (Lipinski definition) is 8. The van der Waals surface area contributed by atoms with Crippen molar-refractivity contribution in [2.24, 2.45) is 0 Å². The van der Waals surface area contributed by atoms with Gasteiger partial charge >= 0.3 is 5.97 Å². The van der Waals surface area contributed by atoms with Gasteiger partial charge in [0.15, 0.2) is 21.5 Å². The fourth-order valence-corrected chi connectivity index (χ4v) is 6.35. The Hall–Kier alpha value is -3.43. The second-order valence-electron chi connectivity index (χ2n) is 9.07. The Bertz CT molecular complexity index is 1450. The number of carbonyl (C=O) groups excluding carboxylic acids is 1. The van der Waals surface area contributed by atoms with E-state index in [1.807, 2.05) is 24.3 Å². The second kappa shape index (κ2) is 10.5. The zero-order chi connectivity index (χ0) is 26.0. The summed E-state index contributed by atoms with van der Waals surface area (Å²) in [6, 6.07) is 15.0. The largest absolute Gasteiger partial charge is 0.469 e. The van der Waals surface area contributed by atoms with Gasteiger partial charge in [-0.25, -0.2) is 18.4 Å². The first kappa shape index (κ1) is 25.2. The third-order valence-electron chi connectivity index (χ3n) is 6.55. The lowest BCUT2D eigenvalue weighted by Crippen LogP contribution is -2.28. The van der Waals surface area contributed by atoms with E-state index < -0.39 is 9.84 Å². The normalized spacial score (nSPS) is 16.5. The van der Waals surface area contributed by atoms with Gasteiger partial charge in [-0.2, -0.15) is 0 Å². The van der Waals surface area contributed by atoms with Crippen LogP contribution in [0.1, 0.15) is 29.9 Å². The van der Waals surface area contributed by atoms with Crippen LogP contribution in [0.25, 0.3) is 5.57 Å². The highest BCUT2D eigenvalue weighted by atomic mass is 35.5. The first-order chi connectivity index (χ1) is 17.8. The Balaban J connectivity index is 1.44. The van der Waals surface area contributed by atoms with Gasteiger partial charge in [0.2, 0.25) is 0 Å². The first-order valence-electron chi connectivity index (χ1n) is 12.1. The lowest BCUT2D eigenvalue weighted by molar-refractivity contribution is -0.139. The predicted octanol–water partition coefficient (Wildman–Crippen LogP) is 4.60. The standard InChI is InChI=1S/C27H27ClN4O4S/c1-36-24(33)17-18-4-8-21(9-5-18)29-27-25-23(3-2-16-37(25,34)35)30-26(31-27)19-12-14-32(15-13-19)22-10-6-20(28)7-11-22/h4-12H,2-3,13-17H2,1H3,(H,29,30,31). The molecule has 37 heavy (non-hydrogen) atoms. The van der Waals surface area contributed by atoms with Crippen LogP contribution in [0.5, 0.6) is 0 Å². The highest BCUT2D eigenvalue weighted by molar-refractivity contribution is 7.91. The Morgan fingerprint density at radius 1 is 1.08 bits per heavy atom. The maximum atomic E-state index is 13.0. The number of fused-ring (bicyclic) bond motifs is 1. The summed E-state index contributed by atoms with van der Waals surface area (Å²) < 4.78 is 30.7. The molecule has 2 aliphatic heterocycles. The van der Waals surface area contributed by atoms with E-state index in [1.54, 1.807) is 24.3 Å². The van der Waals surface area contributed by atoms with Crippen molar-refractivity contribution < 1.29 is 17.9 Å². The van der Waals surface area contributed by atoms with E-state index >= 15 is 0 Å². The summed E-state index contributed by atoms with van der Waals surface area (Å²) in [4.78, 5) is 23.4. The van der Waals surface area contributed by atoms with E-state index in [0.29, 0.717) is 47.4 Å². The second-order valence-corrected chi connectivity index (χ2v) is 11.6. The monoisotopic (exact) mass is 538 g/mol. The molecule has 3 heterocycles. The third kappa shape index (κ3) is 5.62. The van der Waals surface area contributed by atoms with E-state index in [1.165, 1.54) is 7.11 Å². The fraction of sp³-hybridized carbons (Fsp3) is 0.296. The number of aryl methyl sites for hydroxylation is 1. The van der Waals surface area contributed by atoms with Gasteiger partial charge in [-0.3, -0.25) is 4.79 Å². The first-order valence-corrected chi connectivity index (χ1v) is 14.1. The number of hydrogen-bond donors (Lipinski definition) is 1. The summed E-state index contributed by atoms with van der Waals surface area (Å²) in [7, 11) is -2.15. The number of carbonyl (C=O) groups is 1. The molecule has 10 heteroatoms. The average Bonchev–Trinajstić information content (AvgIpc) is 2.90. The Kier molecular flexibility index (Phi) is 7.17. The average molecular weight is 539 g/mol. The van der Waals surface area contributed by atoms with E-state index in [0.717, 1.165) is 29.8 Å². The molecule has 192 valence electrons. The number of anilines is 3. The molecule has 0 unspecified atom stereocenters. The fourth-order valence-electron chi connectivity index (χ4n) is 4.59. The summed E-state index contributed by atoms with van der Waals surface area (Å²) in [5, 5.41) is 3.91. The third-order valence-corrected chi connectivity index (χ3v) is 8.68. The molecule has 0 saturated carbocycles. The quantitative estimate of drug-likeness (QED) is 0.454. The summed E-state index contributed by atoms with van der Waals surface area (Å²) in [6.45, 7) is 1.48. The van der Waals surface area contributed by atoms with Crippen molar-refractivity contribution in [2.75, 3.05) is 36.2 Å². The van der Waals surface area contributed by atoms with Gasteiger partial charge in [0.05, 0.1) is 25.0 Å². The number of sulfone groups is 1. The zero-order valence-electron chi connectivity index (χ0n) is 20.4. The van der Waals surface area contributed by atoms with E-state index in [4.69, 9.17) is 26.3 Å². The van der Waals surface area contributed by atoms with Crippen LogP contribution >= 0.6 is 11.6 Å². The lowest BCUT2D eigenvalue weighted by atomic mass is 10.1. The molecule has 1 aromatic heterocycles. The van der Waals surface area contributed by atoms with Crippen molar-refractivity contribution in [3.63, 3.8) is 0 Å². The van der Waals surface area contributed by atoms with Crippen molar-refractivity contribution >= 4 is 50.2 Å². The minimum atomic E-state index is -3.50. The molecule has 3 aromatic rings. The van der Waals surface area contributed by atoms with Crippen molar-refractivity contribution in [2.45, 2.75) is 30.6 Å². The van der Waals surface area contributed by atoms with Gasteiger partial charge in [-0.15, -0.1) is 0 Å². The minimum absolute atomic E-state index is 0.0776. The lowest BCUT2D eigenvalue weighted by Gasteiger charge is -2.28. The molecule has 0 spiro atoms. The van der Waals surface area contributed by atoms with Crippen molar-refractivity contribution in [1.29, 1.82) is 0 Å². The molecule has 0 saturated heterocycles. The minimum Gasteiger partial charge on any atom is -0.469 e. The zero-order valence-corrected chi connectivity index (χ0v) is 22.0. The van der Waals surface area contributed by atoms with Gasteiger partial charge < -0.3 is 15.0 Å². The number of aromatic nitrogens is 2. The van der Waals surface area contributed by atoms with Crippen molar-refractivity contribution in [3.8, 4) is 0 Å². The molecule has 2 aromatic carbocycles. The van der Waals surface area contributed by atoms with Crippen LogP contribution in [0, 0.1) is 0 Å². The Morgan fingerprint density at radius 2 is 1.84 bits per heavy atom. The number of methoxy groups -OCH3 is 1. The van der Waals surface area contributed by atoms with E-state index in [-0.39, 0.29) is 23.0 Å². The van der Waals surface area contributed by atoms with Gasteiger partial charge in [0.1, 0.15) is 4.90 Å². The van der Waals surface area contributed by atoms with Crippen LogP contribution in [-0.4, -0.2) is 50.3 Å². The molecule has 2 aliphatic rings. The number of halogens is 1. The number of rotatable bonds is 6. The van der Waals surface area contributed by atoms with Crippen LogP contribution in [0.3, 0.4) is 0 Å². The number of esters is 1. The van der Waals surface area contributed by atoms with Crippen LogP contribution < -0.4 is 10.2 Å². The number of nitrogens with zero attached hydrogens (tertiary/aromatic N) is 3. The summed E-state index contributed by atoms with van der Waals surface area (Å²) in [5.41, 5.74) is 4.12. The highest BCUT2D eigenvalue weighted by Crippen LogP contribution is 2.34. The molecular weight excluding hydrogens is 512 g/mol. The van der Waals surface area contributed by atoms with Gasteiger partial charge in [-0.05, 0) is 66.8 Å². The van der Waals surface area contributed by atoms with Crippen molar-refractivity contribution in [1.82, 2.24) is 9.97 Å². The van der Waals surface area contributed by atoms with Gasteiger partial charge in [-0.1, -0.05) is 29.8 Å². The predicted molar refractivity (Wildman–Crippen MR) is 144 cm³/mol. The number of benzene rings is 2. The molecular formula is C27H27ClN4O4S. The maximum absolute atomic E-state index is 13.0. The summed E-state index contributed by atoms with van der Waals surface area (Å²) in [6.07, 6.45) is 4.12. The number of nitrogens with one attached hydrogen (secondary N) is 1. The van der Waals surface area contributed by atoms with Gasteiger partial charge in [0.25, 0.3) is 0 Å². The molecule has 0 fully saturated rings. The van der Waals surface area contributed by atoms with Crippen molar-refractivity contribution in [3.05, 3.63) is 76.7 Å². The summed E-state index contributed by atoms with van der Waals surface area (Å²) in [5.74, 6) is 0.600. The molecule has 8 nitrogen and oxygen atoms in total. The van der Waals surface area contributed by atoms with Crippen LogP contribution in [0.2, 0.25) is 5.02 Å². The Labute approximate surface area is 221 Å². The van der Waals surface area contributed by atoms with E-state index in [2.05, 4.69) is 16.3 Å². The highest BCUT2D eigenvalue weighted by Gasteiger charge is 2.31. The molecule has 0 radical (unpaired) electrons. The maximum Gasteiger partial charge on any atom is 0.309 e. The summed E-state index contributed by atoms with van der Waals surface area (Å²) >= 11 is 6.02. The smallest absolute Gasteiger partial charge is 0.309 e. The van der Waals surface area contributed by atoms with Crippen LogP contribution in [0.4, 0.5) is 17.2 Å². The SMILES string of the molecule is COC(=O)Cc1ccc(Nc2nc(C3=CCN(c4ccc(Cl)cc4)CC3)nc3c2S(=O)(=O)CCC3)cc1. The molecule has 1 N–H and O–H groups in total. The molecule has 5 rings (SSSR count). The van der Waals surface area contributed by atoms with Crippen LogP contribution in [0.15, 0.2) is 59.5 Å². The molecule has 0 atom stereocenters. The van der Waals surface area contributed by atoms with Crippen LogP contribution in [-0.2, 0) is 32.2 Å². The van der Waals surface area contributed by atoms with Gasteiger partial charge in [0, 0.05) is 29.5 Å². The molecule has 0 amide bonds. The Morgan fingerprint density at radius 3 is 2.51 bits per heavy atom. The van der Waals surface area contributed by atoms with E-state index in [9.17, 15) is 13.2 Å². The number of ether oxygens (including phenoxy) is 1. The molecule has 0 bridgehead atoms.